The Morgan fingerprint density at radius 2 is 2.04 bits per heavy atom. The van der Waals surface area contributed by atoms with Gasteiger partial charge in [-0.3, -0.25) is 19.6 Å². The van der Waals surface area contributed by atoms with Crippen LogP contribution in [0.4, 0.5) is 15.8 Å². The van der Waals surface area contributed by atoms with E-state index in [0.717, 1.165) is 11.0 Å². The Hall–Kier alpha value is -2.45. The standard InChI is InChI=1S/C18H21ClFN3O4/c1-5-22(27)17(25)10(4)21-14-8-15(13(20)7-12(14)19)23-16(24)6-11(9(2)3)18(23)26/h7-8,10,21,27H,5-6H2,1-4H3. The second-order valence-electron chi connectivity index (χ2n) is 6.39. The van der Waals surface area contributed by atoms with Gasteiger partial charge < -0.3 is 5.32 Å². The van der Waals surface area contributed by atoms with E-state index in [1.54, 1.807) is 20.8 Å². The second-order valence-corrected chi connectivity index (χ2v) is 6.80. The molecule has 1 unspecified atom stereocenters. The zero-order valence-corrected chi connectivity index (χ0v) is 16.2. The van der Waals surface area contributed by atoms with E-state index in [1.807, 2.05) is 0 Å². The summed E-state index contributed by atoms with van der Waals surface area (Å²) >= 11 is 6.03. The fourth-order valence-corrected chi connectivity index (χ4v) is 2.89. The minimum Gasteiger partial charge on any atom is -0.373 e. The molecule has 3 amide bonds. The number of halogens is 2. The summed E-state index contributed by atoms with van der Waals surface area (Å²) in [6.07, 6.45) is -0.100. The molecular formula is C18H21ClFN3O4. The monoisotopic (exact) mass is 397 g/mol. The highest BCUT2D eigenvalue weighted by Crippen LogP contribution is 2.35. The lowest BCUT2D eigenvalue weighted by Crippen LogP contribution is -2.39. The summed E-state index contributed by atoms with van der Waals surface area (Å²) < 4.78 is 14.4. The van der Waals surface area contributed by atoms with Crippen molar-refractivity contribution in [3.05, 3.63) is 34.1 Å². The summed E-state index contributed by atoms with van der Waals surface area (Å²) in [7, 11) is 0. The minimum absolute atomic E-state index is 0.0292. The lowest BCUT2D eigenvalue weighted by atomic mass is 10.1. The average Bonchev–Trinajstić information content (AvgIpc) is 2.90. The molecule has 1 aliphatic rings. The van der Waals surface area contributed by atoms with E-state index in [0.29, 0.717) is 16.2 Å². The molecule has 146 valence electrons. The fourth-order valence-electron chi connectivity index (χ4n) is 2.68. The molecule has 1 saturated heterocycles. The second kappa shape index (κ2) is 8.06. The number of likely N-dealkylation sites (N-methyl/N-ethyl adjacent to an activating group) is 1. The summed E-state index contributed by atoms with van der Waals surface area (Å²) in [6, 6.07) is 1.30. The first kappa shape index (κ1) is 20.9. The van der Waals surface area contributed by atoms with Crippen molar-refractivity contribution in [2.75, 3.05) is 16.8 Å². The molecule has 0 spiro atoms. The number of rotatable bonds is 5. The Kier molecular flexibility index (Phi) is 6.22. The molecule has 9 heteroatoms. The smallest absolute Gasteiger partial charge is 0.268 e. The van der Waals surface area contributed by atoms with E-state index in [1.165, 1.54) is 13.0 Å². The van der Waals surface area contributed by atoms with Gasteiger partial charge in [0, 0.05) is 12.1 Å². The minimum atomic E-state index is -0.871. The number of carbonyl (C=O) groups excluding carboxylic acids is 3. The Morgan fingerprint density at radius 1 is 1.41 bits per heavy atom. The zero-order valence-electron chi connectivity index (χ0n) is 15.5. The van der Waals surface area contributed by atoms with Crippen molar-refractivity contribution in [3.63, 3.8) is 0 Å². The number of allylic oxidation sites excluding steroid dienone is 1. The molecule has 0 aromatic heterocycles. The highest BCUT2D eigenvalue weighted by molar-refractivity contribution is 6.34. The number of nitrogens with zero attached hydrogens (tertiary/aromatic N) is 2. The van der Waals surface area contributed by atoms with Crippen molar-refractivity contribution in [3.8, 4) is 0 Å². The molecule has 0 bridgehead atoms. The molecule has 0 radical (unpaired) electrons. The highest BCUT2D eigenvalue weighted by atomic mass is 35.5. The highest BCUT2D eigenvalue weighted by Gasteiger charge is 2.37. The lowest BCUT2D eigenvalue weighted by molar-refractivity contribution is -0.164. The van der Waals surface area contributed by atoms with E-state index in [4.69, 9.17) is 11.6 Å². The first-order chi connectivity index (χ1) is 12.6. The number of nitrogens with one attached hydrogen (secondary N) is 1. The summed E-state index contributed by atoms with van der Waals surface area (Å²) in [6.45, 7) is 6.59. The predicted octanol–water partition coefficient (Wildman–Crippen LogP) is 3.12. The normalized spacial score (nSPS) is 15.2. The first-order valence-electron chi connectivity index (χ1n) is 8.37. The van der Waals surface area contributed by atoms with Gasteiger partial charge in [0.15, 0.2) is 0 Å². The number of hydrogen-bond acceptors (Lipinski definition) is 5. The van der Waals surface area contributed by atoms with Gasteiger partial charge in [0.25, 0.3) is 11.8 Å². The molecule has 2 N–H and O–H groups in total. The van der Waals surface area contributed by atoms with Crippen molar-refractivity contribution < 1.29 is 24.0 Å². The average molecular weight is 398 g/mol. The van der Waals surface area contributed by atoms with Crippen molar-refractivity contribution in [2.45, 2.75) is 40.2 Å². The van der Waals surface area contributed by atoms with Crippen molar-refractivity contribution in [2.24, 2.45) is 0 Å². The van der Waals surface area contributed by atoms with Gasteiger partial charge in [-0.05, 0) is 39.8 Å². The van der Waals surface area contributed by atoms with E-state index >= 15 is 0 Å². The fraction of sp³-hybridized carbons (Fsp3) is 0.389. The Bertz CT molecular complexity index is 836. The SMILES string of the molecule is CCN(O)C(=O)C(C)Nc1cc(N2C(=O)CC(=C(C)C)C2=O)c(F)cc1Cl. The third kappa shape index (κ3) is 4.12. The molecule has 1 heterocycles. The number of imide groups is 1. The Balaban J connectivity index is 2.39. The number of anilines is 2. The maximum Gasteiger partial charge on any atom is 0.268 e. The largest absolute Gasteiger partial charge is 0.373 e. The van der Waals surface area contributed by atoms with Gasteiger partial charge >= 0.3 is 0 Å². The van der Waals surface area contributed by atoms with E-state index in [-0.39, 0.29) is 29.4 Å². The molecule has 2 rings (SSSR count). The van der Waals surface area contributed by atoms with Gasteiger partial charge in [-0.15, -0.1) is 0 Å². The molecule has 1 atom stereocenters. The van der Waals surface area contributed by atoms with Gasteiger partial charge in [0.2, 0.25) is 5.91 Å². The van der Waals surface area contributed by atoms with Crippen LogP contribution in [0, 0.1) is 5.82 Å². The van der Waals surface area contributed by atoms with E-state index in [9.17, 15) is 24.0 Å². The third-order valence-corrected chi connectivity index (χ3v) is 4.53. The maximum absolute atomic E-state index is 14.4. The summed E-state index contributed by atoms with van der Waals surface area (Å²) in [5, 5.41) is 12.8. The van der Waals surface area contributed by atoms with Gasteiger partial charge in [-0.2, -0.15) is 0 Å². The summed E-state index contributed by atoms with van der Waals surface area (Å²) in [5.74, 6) is -2.57. The van der Waals surface area contributed by atoms with Crippen LogP contribution in [-0.2, 0) is 14.4 Å². The van der Waals surface area contributed by atoms with Gasteiger partial charge in [-0.1, -0.05) is 17.2 Å². The van der Waals surface area contributed by atoms with Crippen molar-refractivity contribution in [1.82, 2.24) is 5.06 Å². The number of hydroxylamine groups is 2. The zero-order chi connectivity index (χ0) is 20.5. The molecule has 0 saturated carbocycles. The maximum atomic E-state index is 14.4. The number of amides is 3. The third-order valence-electron chi connectivity index (χ3n) is 4.22. The van der Waals surface area contributed by atoms with Gasteiger partial charge in [0.05, 0.1) is 22.8 Å². The van der Waals surface area contributed by atoms with Crippen LogP contribution in [0.25, 0.3) is 0 Å². The first-order valence-corrected chi connectivity index (χ1v) is 8.75. The van der Waals surface area contributed by atoms with Gasteiger partial charge in [0.1, 0.15) is 11.9 Å². The predicted molar refractivity (Wildman–Crippen MR) is 99.2 cm³/mol. The molecule has 1 aromatic carbocycles. The van der Waals surface area contributed by atoms with Crippen LogP contribution in [0.5, 0.6) is 0 Å². The summed E-state index contributed by atoms with van der Waals surface area (Å²) in [5.41, 5.74) is 0.922. The van der Waals surface area contributed by atoms with Crippen LogP contribution in [0.15, 0.2) is 23.3 Å². The number of carbonyl (C=O) groups is 3. The van der Waals surface area contributed by atoms with Crippen molar-refractivity contribution in [1.29, 1.82) is 0 Å². The topological polar surface area (TPSA) is 89.9 Å². The molecule has 27 heavy (non-hydrogen) atoms. The lowest BCUT2D eigenvalue weighted by Gasteiger charge is -2.22. The Morgan fingerprint density at radius 3 is 2.56 bits per heavy atom. The molecule has 0 aliphatic carbocycles. The van der Waals surface area contributed by atoms with Gasteiger partial charge in [-0.25, -0.2) is 14.4 Å². The van der Waals surface area contributed by atoms with Crippen LogP contribution in [0.1, 0.15) is 34.1 Å². The molecular weight excluding hydrogens is 377 g/mol. The van der Waals surface area contributed by atoms with Crippen molar-refractivity contribution >= 4 is 40.7 Å². The summed E-state index contributed by atoms with van der Waals surface area (Å²) in [4.78, 5) is 37.5. The van der Waals surface area contributed by atoms with E-state index < -0.39 is 29.6 Å². The van der Waals surface area contributed by atoms with Crippen LogP contribution >= 0.6 is 11.6 Å². The van der Waals surface area contributed by atoms with Crippen LogP contribution in [-0.4, -0.2) is 40.6 Å². The van der Waals surface area contributed by atoms with Crippen LogP contribution in [0.2, 0.25) is 5.02 Å². The van der Waals surface area contributed by atoms with E-state index in [2.05, 4.69) is 5.32 Å². The number of benzene rings is 1. The van der Waals surface area contributed by atoms with Crippen LogP contribution < -0.4 is 10.2 Å². The Labute approximate surface area is 161 Å². The molecule has 7 nitrogen and oxygen atoms in total. The van der Waals surface area contributed by atoms with Crippen LogP contribution in [0.3, 0.4) is 0 Å². The quantitative estimate of drug-likeness (QED) is 0.345. The number of hydrogen-bond donors (Lipinski definition) is 2. The molecule has 1 aliphatic heterocycles. The molecule has 1 aromatic rings. The molecule has 1 fully saturated rings.